The van der Waals surface area contributed by atoms with Gasteiger partial charge in [0.2, 0.25) is 0 Å². The summed E-state index contributed by atoms with van der Waals surface area (Å²) in [4.78, 5) is 30.3. The van der Waals surface area contributed by atoms with Gasteiger partial charge >= 0.3 is 18.1 Å². The maximum atomic E-state index is 13.5. The van der Waals surface area contributed by atoms with Crippen molar-refractivity contribution >= 4 is 17.6 Å². The maximum absolute atomic E-state index is 13.5. The van der Waals surface area contributed by atoms with Crippen LogP contribution in [0.15, 0.2) is 72.8 Å². The van der Waals surface area contributed by atoms with Crippen molar-refractivity contribution in [3.8, 4) is 16.9 Å². The van der Waals surface area contributed by atoms with E-state index in [2.05, 4.69) is 16.7 Å². The van der Waals surface area contributed by atoms with Crippen molar-refractivity contribution in [1.82, 2.24) is 4.90 Å². The van der Waals surface area contributed by atoms with E-state index in [1.165, 1.54) is 76.5 Å². The molecule has 1 saturated heterocycles. The number of hydrogen-bond donors (Lipinski definition) is 0. The number of alkyl halides is 3. The van der Waals surface area contributed by atoms with Crippen LogP contribution >= 0.6 is 0 Å². The Balaban J connectivity index is 1.19. The molecule has 9 heteroatoms. The van der Waals surface area contributed by atoms with Gasteiger partial charge < -0.3 is 14.4 Å². The summed E-state index contributed by atoms with van der Waals surface area (Å²) in [5, 5.41) is 0. The first kappa shape index (κ1) is 40.9. The Kier molecular flexibility index (Phi) is 17.0. The van der Waals surface area contributed by atoms with Crippen molar-refractivity contribution in [3.05, 3.63) is 83.9 Å². The summed E-state index contributed by atoms with van der Waals surface area (Å²) in [5.41, 5.74) is 3.16. The minimum atomic E-state index is -4.61. The highest BCUT2D eigenvalue weighted by molar-refractivity contribution is 5.92. The Hall–Kier alpha value is -3.85. The van der Waals surface area contributed by atoms with E-state index in [1.807, 2.05) is 19.1 Å². The SMILES string of the molecule is CCCCCCCCCCCN1CCN(c2ccc(C(=O)Oc3ccc(-c4ccc(C(=O)O[C@H](CCCCCC)C(F)(F)F)cc4)cc3)cc2)CC1. The van der Waals surface area contributed by atoms with Gasteiger partial charge in [-0.05, 0) is 85.5 Å². The molecule has 0 amide bonds. The Morgan fingerprint density at radius 2 is 1.10 bits per heavy atom. The van der Waals surface area contributed by atoms with Gasteiger partial charge in [-0.15, -0.1) is 0 Å². The summed E-state index contributed by atoms with van der Waals surface area (Å²) in [6, 6.07) is 20.7. The standard InChI is InChI=1S/C43H57F3N2O4/c1-3-5-7-9-10-11-12-13-15-29-47-30-32-48(33-31-47)38-25-21-37(22-26-38)41(49)51-39-27-23-35(24-28-39)34-17-19-36(20-18-34)42(50)52-40(43(44,45)46)16-14-8-6-4-2/h17-28,40H,3-16,29-33H2,1-2H3/t40-/m1/s1. The van der Waals surface area contributed by atoms with Crippen LogP contribution in [0.25, 0.3) is 11.1 Å². The summed E-state index contributed by atoms with van der Waals surface area (Å²) in [7, 11) is 0. The fourth-order valence-electron chi connectivity index (χ4n) is 6.61. The van der Waals surface area contributed by atoms with Crippen molar-refractivity contribution in [2.24, 2.45) is 0 Å². The van der Waals surface area contributed by atoms with E-state index in [1.54, 1.807) is 48.5 Å². The first-order chi connectivity index (χ1) is 25.2. The number of ether oxygens (including phenoxy) is 2. The van der Waals surface area contributed by atoms with Crippen LogP contribution < -0.4 is 9.64 Å². The Labute approximate surface area is 308 Å². The van der Waals surface area contributed by atoms with E-state index in [9.17, 15) is 22.8 Å². The quantitative estimate of drug-likeness (QED) is 0.0620. The van der Waals surface area contributed by atoms with Crippen molar-refractivity contribution in [3.63, 3.8) is 0 Å². The number of hydrogen-bond acceptors (Lipinski definition) is 6. The van der Waals surface area contributed by atoms with Crippen LogP contribution in [0, 0.1) is 0 Å². The number of carbonyl (C=O) groups excluding carboxylic acids is 2. The van der Waals surface area contributed by atoms with E-state index in [4.69, 9.17) is 9.47 Å². The molecule has 284 valence electrons. The molecule has 3 aromatic rings. The highest BCUT2D eigenvalue weighted by atomic mass is 19.4. The van der Waals surface area contributed by atoms with Crippen LogP contribution in [-0.2, 0) is 4.74 Å². The number of esters is 2. The number of unbranched alkanes of at least 4 members (excludes halogenated alkanes) is 11. The molecule has 0 bridgehead atoms. The highest BCUT2D eigenvalue weighted by Gasteiger charge is 2.42. The van der Waals surface area contributed by atoms with Gasteiger partial charge in [-0.3, -0.25) is 4.90 Å². The summed E-state index contributed by atoms with van der Waals surface area (Å²) in [5.74, 6) is -1.06. The molecule has 0 radical (unpaired) electrons. The summed E-state index contributed by atoms with van der Waals surface area (Å²) < 4.78 is 50.9. The van der Waals surface area contributed by atoms with Crippen LogP contribution in [0.3, 0.4) is 0 Å². The molecule has 1 aliphatic heterocycles. The van der Waals surface area contributed by atoms with E-state index < -0.39 is 24.2 Å². The van der Waals surface area contributed by atoms with Crippen LogP contribution in [0.5, 0.6) is 5.75 Å². The van der Waals surface area contributed by atoms with E-state index in [0.717, 1.165) is 55.8 Å². The Morgan fingerprint density at radius 1 is 0.615 bits per heavy atom. The zero-order valence-electron chi connectivity index (χ0n) is 31.1. The topological polar surface area (TPSA) is 59.1 Å². The predicted molar refractivity (Wildman–Crippen MR) is 203 cm³/mol. The van der Waals surface area contributed by atoms with Gasteiger partial charge in [0.25, 0.3) is 0 Å². The zero-order valence-corrected chi connectivity index (χ0v) is 31.1. The third-order valence-electron chi connectivity index (χ3n) is 9.87. The van der Waals surface area contributed by atoms with E-state index in [-0.39, 0.29) is 12.0 Å². The second-order valence-corrected chi connectivity index (χ2v) is 14.0. The Morgan fingerprint density at radius 3 is 1.65 bits per heavy atom. The number of carbonyl (C=O) groups is 2. The molecule has 6 nitrogen and oxygen atoms in total. The summed E-state index contributed by atoms with van der Waals surface area (Å²) in [6.07, 6.45) is 7.92. The minimum Gasteiger partial charge on any atom is -0.449 e. The largest absolute Gasteiger partial charge is 0.449 e. The van der Waals surface area contributed by atoms with Gasteiger partial charge in [0.1, 0.15) is 5.75 Å². The average molecular weight is 723 g/mol. The van der Waals surface area contributed by atoms with Gasteiger partial charge in [-0.1, -0.05) is 109 Å². The molecule has 0 spiro atoms. The fraction of sp³-hybridized carbons (Fsp3) is 0.535. The third kappa shape index (κ3) is 13.6. The maximum Gasteiger partial charge on any atom is 0.425 e. The minimum absolute atomic E-state index is 0.0507. The van der Waals surface area contributed by atoms with E-state index >= 15 is 0 Å². The lowest BCUT2D eigenvalue weighted by Gasteiger charge is -2.36. The van der Waals surface area contributed by atoms with Gasteiger partial charge in [0.15, 0.2) is 6.10 Å². The average Bonchev–Trinajstić information content (AvgIpc) is 3.15. The molecule has 0 saturated carbocycles. The zero-order chi connectivity index (χ0) is 37.2. The molecule has 1 heterocycles. The second-order valence-electron chi connectivity index (χ2n) is 14.0. The number of benzene rings is 3. The smallest absolute Gasteiger partial charge is 0.425 e. The summed E-state index contributed by atoms with van der Waals surface area (Å²) >= 11 is 0. The third-order valence-corrected chi connectivity index (χ3v) is 9.87. The van der Waals surface area contributed by atoms with Gasteiger partial charge in [0.05, 0.1) is 11.1 Å². The molecule has 1 fully saturated rings. The van der Waals surface area contributed by atoms with E-state index in [0.29, 0.717) is 24.2 Å². The molecule has 0 N–H and O–H groups in total. The number of rotatable bonds is 21. The van der Waals surface area contributed by atoms with Crippen LogP contribution in [-0.4, -0.2) is 61.8 Å². The molecule has 52 heavy (non-hydrogen) atoms. The lowest BCUT2D eigenvalue weighted by molar-refractivity contribution is -0.206. The molecule has 0 aliphatic carbocycles. The molecule has 0 unspecified atom stereocenters. The van der Waals surface area contributed by atoms with Crippen molar-refractivity contribution in [1.29, 1.82) is 0 Å². The molecular weight excluding hydrogens is 665 g/mol. The van der Waals surface area contributed by atoms with Crippen LogP contribution in [0.4, 0.5) is 18.9 Å². The Bertz CT molecular complexity index is 1470. The van der Waals surface area contributed by atoms with Gasteiger partial charge in [-0.25, -0.2) is 9.59 Å². The molecule has 3 aromatic carbocycles. The first-order valence-electron chi connectivity index (χ1n) is 19.5. The molecule has 1 atom stereocenters. The van der Waals surface area contributed by atoms with Gasteiger partial charge in [0, 0.05) is 31.9 Å². The lowest BCUT2D eigenvalue weighted by atomic mass is 10.0. The van der Waals surface area contributed by atoms with Crippen molar-refractivity contribution < 1.29 is 32.2 Å². The monoisotopic (exact) mass is 722 g/mol. The molecule has 0 aromatic heterocycles. The predicted octanol–water partition coefficient (Wildman–Crippen LogP) is 11.3. The fourth-order valence-corrected chi connectivity index (χ4v) is 6.61. The second kappa shape index (κ2) is 21.6. The number of piperazine rings is 1. The van der Waals surface area contributed by atoms with Gasteiger partial charge in [-0.2, -0.15) is 13.2 Å². The number of nitrogens with zero attached hydrogens (tertiary/aromatic N) is 2. The van der Waals surface area contributed by atoms with Crippen molar-refractivity contribution in [2.45, 2.75) is 116 Å². The number of halogens is 3. The number of anilines is 1. The normalized spacial score (nSPS) is 14.3. The summed E-state index contributed by atoms with van der Waals surface area (Å²) in [6.45, 7) is 9.46. The lowest BCUT2D eigenvalue weighted by Crippen LogP contribution is -2.46. The first-order valence-corrected chi connectivity index (χ1v) is 19.5. The molecule has 4 rings (SSSR count). The van der Waals surface area contributed by atoms with Crippen LogP contribution in [0.2, 0.25) is 0 Å². The van der Waals surface area contributed by atoms with Crippen LogP contribution in [0.1, 0.15) is 124 Å². The highest BCUT2D eigenvalue weighted by Crippen LogP contribution is 2.29. The van der Waals surface area contributed by atoms with Crippen molar-refractivity contribution in [2.75, 3.05) is 37.6 Å². The molecular formula is C43H57F3N2O4. The molecule has 1 aliphatic rings.